The lowest BCUT2D eigenvalue weighted by Gasteiger charge is -2.11. The number of nitrogens with one attached hydrogen (secondary N) is 1. The minimum Gasteiger partial charge on any atom is -0.507 e. The average Bonchev–Trinajstić information content (AvgIpc) is 3.15. The number of phenols is 1. The van der Waals surface area contributed by atoms with E-state index in [9.17, 15) is 23.1 Å². The molecule has 174 valence electrons. The number of fused-ring (bicyclic) bond motifs is 1. The summed E-state index contributed by atoms with van der Waals surface area (Å²) in [6, 6.07) is 5.87. The lowest BCUT2D eigenvalue weighted by Crippen LogP contribution is -2.13. The van der Waals surface area contributed by atoms with Crippen LogP contribution in [0.25, 0.3) is 10.2 Å². The van der Waals surface area contributed by atoms with Crippen LogP contribution in [0.4, 0.5) is 18.3 Å². The van der Waals surface area contributed by atoms with Crippen LogP contribution in [0.1, 0.15) is 35.3 Å². The van der Waals surface area contributed by atoms with E-state index < -0.39 is 17.6 Å². The quantitative estimate of drug-likeness (QED) is 0.390. The number of alkyl halides is 3. The number of carbonyl (C=O) groups is 1. The van der Waals surface area contributed by atoms with E-state index >= 15 is 0 Å². The van der Waals surface area contributed by atoms with Crippen molar-refractivity contribution in [1.29, 1.82) is 0 Å². The number of hydrogen-bond donors (Lipinski definition) is 2. The smallest absolute Gasteiger partial charge is 0.416 e. The number of aromatic hydroxyl groups is 1. The van der Waals surface area contributed by atoms with Crippen LogP contribution >= 0.6 is 22.9 Å². The van der Waals surface area contributed by atoms with Crippen molar-refractivity contribution >= 4 is 44.2 Å². The maximum Gasteiger partial charge on any atom is 0.416 e. The summed E-state index contributed by atoms with van der Waals surface area (Å²) in [6.07, 6.45) is -4.48. The maximum absolute atomic E-state index is 12.9. The zero-order chi connectivity index (χ0) is 23.9. The van der Waals surface area contributed by atoms with E-state index in [0.717, 1.165) is 23.5 Å². The summed E-state index contributed by atoms with van der Waals surface area (Å²) in [7, 11) is 1.52. The number of amides is 1. The molecule has 0 fully saturated rings. The second-order valence-corrected chi connectivity index (χ2v) is 7.63. The van der Waals surface area contributed by atoms with Crippen LogP contribution in [0.3, 0.4) is 0 Å². The second kappa shape index (κ2) is 11.5. The van der Waals surface area contributed by atoms with Gasteiger partial charge in [0.05, 0.1) is 41.2 Å². The van der Waals surface area contributed by atoms with E-state index in [1.165, 1.54) is 25.3 Å². The molecule has 0 aliphatic carbocycles. The van der Waals surface area contributed by atoms with Crippen LogP contribution in [-0.2, 0) is 22.3 Å². The molecule has 1 heterocycles. The van der Waals surface area contributed by atoms with Crippen molar-refractivity contribution in [3.63, 3.8) is 0 Å². The van der Waals surface area contributed by atoms with Gasteiger partial charge >= 0.3 is 6.18 Å². The fourth-order valence-electron chi connectivity index (χ4n) is 2.58. The molecule has 2 aromatic carbocycles. The highest BCUT2D eigenvalue weighted by atomic mass is 35.5. The molecule has 1 amide bonds. The van der Waals surface area contributed by atoms with Gasteiger partial charge in [-0.1, -0.05) is 36.8 Å². The third-order valence-corrected chi connectivity index (χ3v) is 5.18. The largest absolute Gasteiger partial charge is 0.507 e. The van der Waals surface area contributed by atoms with Gasteiger partial charge in [0.1, 0.15) is 5.75 Å². The standard InChI is InChI=1S/C19H16ClF3N2O4S.C2H6/c1-28-4-5-29-9-10-6-12(20)8-13(16(10)26)17(27)25-18-24-14-3-2-11(19(21,22)23)7-15(14)30-18;1-2/h2-3,6-8,26H,4-5,9H2,1H3,(H,24,25,27);1-2H3. The number of phenolic OH excluding ortho intramolecular Hbond substituents is 1. The molecule has 1 aromatic heterocycles. The number of ether oxygens (including phenoxy) is 2. The summed E-state index contributed by atoms with van der Waals surface area (Å²) in [5.74, 6) is -1.02. The Bertz CT molecular complexity index is 1070. The summed E-state index contributed by atoms with van der Waals surface area (Å²) in [4.78, 5) is 16.7. The van der Waals surface area contributed by atoms with Crippen LogP contribution in [0.15, 0.2) is 30.3 Å². The maximum atomic E-state index is 12.9. The minimum atomic E-state index is -4.48. The number of thiazole rings is 1. The Balaban J connectivity index is 0.00000176. The first-order chi connectivity index (χ1) is 15.2. The molecule has 3 aromatic rings. The molecule has 0 saturated carbocycles. The van der Waals surface area contributed by atoms with E-state index in [1.54, 1.807) is 0 Å². The third-order valence-electron chi connectivity index (χ3n) is 4.02. The lowest BCUT2D eigenvalue weighted by atomic mass is 10.1. The van der Waals surface area contributed by atoms with Crippen LogP contribution < -0.4 is 5.32 Å². The van der Waals surface area contributed by atoms with Gasteiger partial charge in [-0.2, -0.15) is 13.2 Å². The number of methoxy groups -OCH3 is 1. The molecule has 0 bridgehead atoms. The summed E-state index contributed by atoms with van der Waals surface area (Å²) in [5, 5.41) is 13.2. The summed E-state index contributed by atoms with van der Waals surface area (Å²) in [5.41, 5.74) is -0.293. The summed E-state index contributed by atoms with van der Waals surface area (Å²) in [6.45, 7) is 4.66. The van der Waals surface area contributed by atoms with Gasteiger partial charge in [-0.15, -0.1) is 0 Å². The van der Waals surface area contributed by atoms with Gasteiger partial charge in [0, 0.05) is 17.7 Å². The number of hydrogen-bond acceptors (Lipinski definition) is 6. The van der Waals surface area contributed by atoms with Gasteiger partial charge in [-0.05, 0) is 30.3 Å². The number of benzene rings is 2. The normalized spacial score (nSPS) is 11.2. The van der Waals surface area contributed by atoms with Gasteiger partial charge in [-0.25, -0.2) is 4.98 Å². The SMILES string of the molecule is CC.COCCOCc1cc(Cl)cc(C(=O)Nc2nc3ccc(C(F)(F)F)cc3s2)c1O. The molecule has 11 heteroatoms. The van der Waals surface area contributed by atoms with E-state index in [0.29, 0.717) is 17.7 Å². The van der Waals surface area contributed by atoms with Gasteiger partial charge in [-0.3, -0.25) is 10.1 Å². The van der Waals surface area contributed by atoms with Crippen molar-refractivity contribution in [1.82, 2.24) is 4.98 Å². The number of nitrogens with zero attached hydrogens (tertiary/aromatic N) is 1. The molecule has 2 N–H and O–H groups in total. The Morgan fingerprint density at radius 1 is 1.22 bits per heavy atom. The Hall–Kier alpha value is -2.40. The minimum absolute atomic E-state index is 0.0113. The molecular weight excluding hydrogens is 469 g/mol. The van der Waals surface area contributed by atoms with Crippen molar-refractivity contribution < 1.29 is 32.5 Å². The van der Waals surface area contributed by atoms with Crippen LogP contribution in [0, 0.1) is 0 Å². The fraction of sp³-hybridized carbons (Fsp3) is 0.333. The third kappa shape index (κ3) is 6.55. The predicted molar refractivity (Wildman–Crippen MR) is 119 cm³/mol. The molecule has 0 aliphatic heterocycles. The molecular formula is C21H22ClF3N2O4S. The fourth-order valence-corrected chi connectivity index (χ4v) is 3.72. The second-order valence-electron chi connectivity index (χ2n) is 6.16. The Morgan fingerprint density at radius 2 is 1.94 bits per heavy atom. The molecule has 0 spiro atoms. The highest BCUT2D eigenvalue weighted by Gasteiger charge is 2.30. The van der Waals surface area contributed by atoms with Crippen LogP contribution in [0.5, 0.6) is 5.75 Å². The Kier molecular flexibility index (Phi) is 9.26. The zero-order valence-corrected chi connectivity index (χ0v) is 19.1. The van der Waals surface area contributed by atoms with Crippen LogP contribution in [0.2, 0.25) is 5.02 Å². The van der Waals surface area contributed by atoms with Gasteiger partial charge in [0.25, 0.3) is 5.91 Å². The first-order valence-corrected chi connectivity index (χ1v) is 10.8. The Morgan fingerprint density at radius 3 is 2.59 bits per heavy atom. The van der Waals surface area contributed by atoms with Crippen LogP contribution in [-0.4, -0.2) is 36.3 Å². The molecule has 0 aliphatic rings. The first kappa shape index (κ1) is 25.9. The van der Waals surface area contributed by atoms with Crippen molar-refractivity contribution in [2.75, 3.05) is 25.6 Å². The highest BCUT2D eigenvalue weighted by Crippen LogP contribution is 2.35. The molecule has 6 nitrogen and oxygen atoms in total. The summed E-state index contributed by atoms with van der Waals surface area (Å²) >= 11 is 6.93. The van der Waals surface area contributed by atoms with Crippen molar-refractivity contribution in [2.45, 2.75) is 26.6 Å². The molecule has 0 saturated heterocycles. The van der Waals surface area contributed by atoms with Crippen molar-refractivity contribution in [3.05, 3.63) is 52.0 Å². The molecule has 32 heavy (non-hydrogen) atoms. The van der Waals surface area contributed by atoms with Crippen molar-refractivity contribution in [2.24, 2.45) is 0 Å². The molecule has 0 atom stereocenters. The average molecular weight is 491 g/mol. The first-order valence-electron chi connectivity index (χ1n) is 9.56. The lowest BCUT2D eigenvalue weighted by molar-refractivity contribution is -0.137. The molecule has 0 unspecified atom stereocenters. The van der Waals surface area contributed by atoms with Gasteiger partial charge < -0.3 is 14.6 Å². The number of anilines is 1. The Labute approximate surface area is 191 Å². The number of halogens is 4. The van der Waals surface area contributed by atoms with E-state index in [-0.39, 0.29) is 39.4 Å². The number of rotatable bonds is 7. The van der Waals surface area contributed by atoms with Gasteiger partial charge in [0.15, 0.2) is 5.13 Å². The topological polar surface area (TPSA) is 80.7 Å². The van der Waals surface area contributed by atoms with E-state index in [1.807, 2.05) is 13.8 Å². The zero-order valence-electron chi connectivity index (χ0n) is 17.5. The van der Waals surface area contributed by atoms with Gasteiger partial charge in [0.2, 0.25) is 0 Å². The summed E-state index contributed by atoms with van der Waals surface area (Å²) < 4.78 is 49.1. The predicted octanol–water partition coefficient (Wildman–Crippen LogP) is 6.12. The van der Waals surface area contributed by atoms with E-state index in [2.05, 4.69) is 10.3 Å². The van der Waals surface area contributed by atoms with E-state index in [4.69, 9.17) is 21.1 Å². The monoisotopic (exact) mass is 490 g/mol. The number of aromatic nitrogens is 1. The highest BCUT2D eigenvalue weighted by molar-refractivity contribution is 7.22. The van der Waals surface area contributed by atoms with Crippen molar-refractivity contribution in [3.8, 4) is 5.75 Å². The molecule has 0 radical (unpaired) electrons. The molecule has 3 rings (SSSR count). The number of carbonyl (C=O) groups excluding carboxylic acids is 1.